The first-order valence-electron chi connectivity index (χ1n) is 7.60. The van der Waals surface area contributed by atoms with Crippen LogP contribution < -0.4 is 0 Å². The Labute approximate surface area is 126 Å². The molecule has 0 saturated heterocycles. The largest absolute Gasteiger partial charge is 0.388 e. The fourth-order valence-corrected chi connectivity index (χ4v) is 2.37. The lowest BCUT2D eigenvalue weighted by Crippen LogP contribution is -2.02. The average Bonchev–Trinajstić information content (AvgIpc) is 2.55. The number of hydrogen-bond acceptors (Lipinski definition) is 2. The van der Waals surface area contributed by atoms with Crippen molar-refractivity contribution in [2.75, 3.05) is 0 Å². The van der Waals surface area contributed by atoms with Gasteiger partial charge in [0, 0.05) is 11.1 Å². The maximum absolute atomic E-state index is 12.3. The van der Waals surface area contributed by atoms with Crippen molar-refractivity contribution in [3.8, 4) is 0 Å². The minimum absolute atomic E-state index is 0.0163. The summed E-state index contributed by atoms with van der Waals surface area (Å²) in [4.78, 5) is 12.3. The Hall–Kier alpha value is -1.93. The van der Waals surface area contributed by atoms with Crippen molar-refractivity contribution in [3.05, 3.63) is 71.3 Å². The summed E-state index contributed by atoms with van der Waals surface area (Å²) in [5.74, 6) is 0.0163. The van der Waals surface area contributed by atoms with E-state index in [9.17, 15) is 9.90 Å². The quantitative estimate of drug-likeness (QED) is 0.598. The third-order valence-corrected chi connectivity index (χ3v) is 3.67. The molecule has 0 radical (unpaired) electrons. The van der Waals surface area contributed by atoms with E-state index in [2.05, 4.69) is 6.92 Å². The highest BCUT2D eigenvalue weighted by atomic mass is 16.3. The standard InChI is InChI=1S/C19H22O2/c1-2-3-5-10-18(20)15-11-13-17(14-12-15)19(21)16-8-6-4-7-9-16/h4,6-9,11-14,18,20H,2-3,5,10H2,1H3/t18-/m0/s1. The van der Waals surface area contributed by atoms with Crippen LogP contribution >= 0.6 is 0 Å². The van der Waals surface area contributed by atoms with Crippen LogP contribution in [0.1, 0.15) is 60.2 Å². The Morgan fingerprint density at radius 2 is 1.57 bits per heavy atom. The molecule has 0 aliphatic heterocycles. The molecule has 1 N–H and O–H groups in total. The van der Waals surface area contributed by atoms with Crippen molar-refractivity contribution >= 4 is 5.78 Å². The molecule has 0 heterocycles. The van der Waals surface area contributed by atoms with Gasteiger partial charge in [-0.25, -0.2) is 0 Å². The normalized spacial score (nSPS) is 12.1. The second-order valence-electron chi connectivity index (χ2n) is 5.33. The van der Waals surface area contributed by atoms with Gasteiger partial charge in [-0.3, -0.25) is 4.79 Å². The minimum Gasteiger partial charge on any atom is -0.388 e. The number of unbranched alkanes of at least 4 members (excludes halogenated alkanes) is 2. The second-order valence-corrected chi connectivity index (χ2v) is 5.33. The van der Waals surface area contributed by atoms with E-state index >= 15 is 0 Å². The predicted octanol–water partition coefficient (Wildman–Crippen LogP) is 4.53. The molecule has 2 rings (SSSR count). The maximum atomic E-state index is 12.3. The summed E-state index contributed by atoms with van der Waals surface area (Å²) in [6.07, 6.45) is 3.67. The summed E-state index contributed by atoms with van der Waals surface area (Å²) >= 11 is 0. The van der Waals surface area contributed by atoms with Gasteiger partial charge in [-0.15, -0.1) is 0 Å². The fraction of sp³-hybridized carbons (Fsp3) is 0.316. The van der Waals surface area contributed by atoms with E-state index in [1.807, 2.05) is 42.5 Å². The van der Waals surface area contributed by atoms with E-state index in [1.165, 1.54) is 0 Å². The maximum Gasteiger partial charge on any atom is 0.193 e. The van der Waals surface area contributed by atoms with Gasteiger partial charge >= 0.3 is 0 Å². The van der Waals surface area contributed by atoms with Crippen LogP contribution in [0.4, 0.5) is 0 Å². The van der Waals surface area contributed by atoms with Crippen LogP contribution in [-0.4, -0.2) is 10.9 Å². The van der Waals surface area contributed by atoms with Crippen molar-refractivity contribution in [2.24, 2.45) is 0 Å². The molecule has 1 atom stereocenters. The molecule has 2 aromatic rings. The number of benzene rings is 2. The van der Waals surface area contributed by atoms with Gasteiger partial charge in [-0.1, -0.05) is 80.8 Å². The summed E-state index contributed by atoms with van der Waals surface area (Å²) in [6.45, 7) is 2.15. The van der Waals surface area contributed by atoms with Crippen LogP contribution in [0.15, 0.2) is 54.6 Å². The molecule has 2 nitrogen and oxygen atoms in total. The molecule has 0 spiro atoms. The zero-order chi connectivity index (χ0) is 15.1. The topological polar surface area (TPSA) is 37.3 Å². The number of rotatable bonds is 7. The van der Waals surface area contributed by atoms with Gasteiger partial charge in [-0.2, -0.15) is 0 Å². The van der Waals surface area contributed by atoms with E-state index < -0.39 is 6.10 Å². The molecular formula is C19H22O2. The van der Waals surface area contributed by atoms with Crippen molar-refractivity contribution in [1.29, 1.82) is 0 Å². The molecule has 0 aliphatic carbocycles. The van der Waals surface area contributed by atoms with Crippen LogP contribution in [0.3, 0.4) is 0 Å². The van der Waals surface area contributed by atoms with Crippen molar-refractivity contribution < 1.29 is 9.90 Å². The van der Waals surface area contributed by atoms with Gasteiger partial charge in [0.1, 0.15) is 0 Å². The zero-order valence-corrected chi connectivity index (χ0v) is 12.5. The Balaban J connectivity index is 2.03. The monoisotopic (exact) mass is 282 g/mol. The first kappa shape index (κ1) is 15.5. The Kier molecular flexibility index (Phi) is 5.70. The van der Waals surface area contributed by atoms with Gasteiger partial charge < -0.3 is 5.11 Å². The highest BCUT2D eigenvalue weighted by molar-refractivity contribution is 6.08. The van der Waals surface area contributed by atoms with Crippen LogP contribution in [-0.2, 0) is 0 Å². The third kappa shape index (κ3) is 4.27. The first-order chi connectivity index (χ1) is 10.2. The molecule has 0 amide bonds. The van der Waals surface area contributed by atoms with E-state index in [4.69, 9.17) is 0 Å². The lowest BCUT2D eigenvalue weighted by Gasteiger charge is -2.11. The van der Waals surface area contributed by atoms with Gasteiger partial charge in [0.25, 0.3) is 0 Å². The van der Waals surface area contributed by atoms with Gasteiger partial charge in [-0.05, 0) is 12.0 Å². The third-order valence-electron chi connectivity index (χ3n) is 3.67. The second kappa shape index (κ2) is 7.75. The smallest absolute Gasteiger partial charge is 0.193 e. The Morgan fingerprint density at radius 3 is 2.19 bits per heavy atom. The predicted molar refractivity (Wildman–Crippen MR) is 85.4 cm³/mol. The van der Waals surface area contributed by atoms with Gasteiger partial charge in [0.05, 0.1) is 6.10 Å². The number of carbonyl (C=O) groups is 1. The summed E-state index contributed by atoms with van der Waals surface area (Å²) in [7, 11) is 0. The van der Waals surface area contributed by atoms with E-state index in [-0.39, 0.29) is 5.78 Å². The fourth-order valence-electron chi connectivity index (χ4n) is 2.37. The molecule has 110 valence electrons. The number of hydrogen-bond donors (Lipinski definition) is 1. The Morgan fingerprint density at radius 1 is 0.952 bits per heavy atom. The molecule has 0 aliphatic rings. The number of aliphatic hydroxyl groups excluding tert-OH is 1. The van der Waals surface area contributed by atoms with Crippen LogP contribution in [0.25, 0.3) is 0 Å². The van der Waals surface area contributed by atoms with Crippen LogP contribution in [0.2, 0.25) is 0 Å². The number of carbonyl (C=O) groups excluding carboxylic acids is 1. The molecule has 2 aromatic carbocycles. The minimum atomic E-state index is -0.433. The number of aliphatic hydroxyl groups is 1. The van der Waals surface area contributed by atoms with Crippen molar-refractivity contribution in [2.45, 2.75) is 38.7 Å². The van der Waals surface area contributed by atoms with Gasteiger partial charge in [0.2, 0.25) is 0 Å². The molecular weight excluding hydrogens is 260 g/mol. The highest BCUT2D eigenvalue weighted by Crippen LogP contribution is 2.21. The molecule has 0 bridgehead atoms. The summed E-state index contributed by atoms with van der Waals surface area (Å²) in [5, 5.41) is 10.1. The SMILES string of the molecule is CCCCC[C@H](O)c1ccc(C(=O)c2ccccc2)cc1. The van der Waals surface area contributed by atoms with Crippen LogP contribution in [0.5, 0.6) is 0 Å². The molecule has 0 aromatic heterocycles. The van der Waals surface area contributed by atoms with E-state index in [1.54, 1.807) is 12.1 Å². The zero-order valence-electron chi connectivity index (χ0n) is 12.5. The molecule has 21 heavy (non-hydrogen) atoms. The lowest BCUT2D eigenvalue weighted by molar-refractivity contribution is 0.103. The van der Waals surface area contributed by atoms with E-state index in [0.717, 1.165) is 31.2 Å². The number of ketones is 1. The van der Waals surface area contributed by atoms with E-state index in [0.29, 0.717) is 11.1 Å². The van der Waals surface area contributed by atoms with Gasteiger partial charge in [0.15, 0.2) is 5.78 Å². The summed E-state index contributed by atoms with van der Waals surface area (Å²) in [6, 6.07) is 16.6. The van der Waals surface area contributed by atoms with Crippen LogP contribution in [0, 0.1) is 0 Å². The van der Waals surface area contributed by atoms with Crippen molar-refractivity contribution in [3.63, 3.8) is 0 Å². The highest BCUT2D eigenvalue weighted by Gasteiger charge is 2.11. The molecule has 0 fully saturated rings. The lowest BCUT2D eigenvalue weighted by atomic mass is 9.98. The Bertz CT molecular complexity index is 558. The molecule has 0 saturated carbocycles. The summed E-state index contributed by atoms with van der Waals surface area (Å²) < 4.78 is 0. The average molecular weight is 282 g/mol. The van der Waals surface area contributed by atoms with Crippen molar-refractivity contribution in [1.82, 2.24) is 0 Å². The first-order valence-corrected chi connectivity index (χ1v) is 7.60. The summed E-state index contributed by atoms with van der Waals surface area (Å²) in [5.41, 5.74) is 2.23. The molecule has 0 unspecified atom stereocenters. The molecule has 2 heteroatoms.